The third-order valence-electron chi connectivity index (χ3n) is 2.98. The van der Waals surface area contributed by atoms with Crippen LogP contribution in [0.2, 0.25) is 0 Å². The zero-order valence-corrected chi connectivity index (χ0v) is 11.6. The van der Waals surface area contributed by atoms with Gasteiger partial charge in [0.1, 0.15) is 11.6 Å². The van der Waals surface area contributed by atoms with Crippen LogP contribution in [0.15, 0.2) is 42.6 Å². The van der Waals surface area contributed by atoms with Crippen LogP contribution in [0.1, 0.15) is 5.56 Å². The second-order valence-corrected chi connectivity index (χ2v) is 4.29. The van der Waals surface area contributed by atoms with E-state index in [0.717, 1.165) is 23.8 Å². The van der Waals surface area contributed by atoms with Crippen LogP contribution in [0.25, 0.3) is 0 Å². The number of hydrogen-bond acceptors (Lipinski definition) is 4. The lowest BCUT2D eigenvalue weighted by atomic mass is 10.2. The summed E-state index contributed by atoms with van der Waals surface area (Å²) in [4.78, 5) is 6.50. The number of para-hydroxylation sites is 2. The zero-order chi connectivity index (χ0) is 13.7. The second kappa shape index (κ2) is 6.20. The Kier molecular flexibility index (Phi) is 4.36. The van der Waals surface area contributed by atoms with Crippen LogP contribution < -0.4 is 15.0 Å². The Morgan fingerprint density at radius 2 is 2.00 bits per heavy atom. The summed E-state index contributed by atoms with van der Waals surface area (Å²) in [6.45, 7) is 0.825. The lowest BCUT2D eigenvalue weighted by molar-refractivity contribution is 0.415. The summed E-state index contributed by atoms with van der Waals surface area (Å²) in [7, 11) is 5.59. The summed E-state index contributed by atoms with van der Waals surface area (Å²) in [5, 5.41) is 3.11. The largest absolute Gasteiger partial charge is 0.495 e. The fraction of sp³-hybridized carbons (Fsp3) is 0.267. The highest BCUT2D eigenvalue weighted by atomic mass is 16.5. The standard InChI is InChI=1S/C15H19N3O/c1-16-10-12-8-9-15(17-11-12)18(2)13-6-4-5-7-14(13)19-3/h4-9,11,16H,10H2,1-3H3. The van der Waals surface area contributed by atoms with Crippen molar-refractivity contribution in [3.05, 3.63) is 48.2 Å². The molecule has 1 aromatic carbocycles. The van der Waals surface area contributed by atoms with Crippen molar-refractivity contribution in [1.29, 1.82) is 0 Å². The third-order valence-corrected chi connectivity index (χ3v) is 2.98. The van der Waals surface area contributed by atoms with E-state index in [1.807, 2.05) is 55.5 Å². The van der Waals surface area contributed by atoms with Crippen molar-refractivity contribution >= 4 is 11.5 Å². The minimum atomic E-state index is 0.825. The average molecular weight is 257 g/mol. The first kappa shape index (κ1) is 13.4. The zero-order valence-electron chi connectivity index (χ0n) is 11.6. The molecule has 0 saturated heterocycles. The summed E-state index contributed by atoms with van der Waals surface area (Å²) in [6.07, 6.45) is 1.89. The fourth-order valence-electron chi connectivity index (χ4n) is 1.95. The number of methoxy groups -OCH3 is 1. The van der Waals surface area contributed by atoms with E-state index in [2.05, 4.69) is 16.4 Å². The number of ether oxygens (including phenoxy) is 1. The average Bonchev–Trinajstić information content (AvgIpc) is 2.47. The number of nitrogens with one attached hydrogen (secondary N) is 1. The van der Waals surface area contributed by atoms with Gasteiger partial charge in [0, 0.05) is 19.8 Å². The SMILES string of the molecule is CNCc1ccc(N(C)c2ccccc2OC)nc1. The number of pyridine rings is 1. The van der Waals surface area contributed by atoms with Crippen molar-refractivity contribution in [2.24, 2.45) is 0 Å². The molecule has 0 amide bonds. The van der Waals surface area contributed by atoms with Gasteiger partial charge in [0.05, 0.1) is 12.8 Å². The van der Waals surface area contributed by atoms with E-state index in [0.29, 0.717) is 0 Å². The maximum absolute atomic E-state index is 5.37. The van der Waals surface area contributed by atoms with E-state index in [9.17, 15) is 0 Å². The number of hydrogen-bond donors (Lipinski definition) is 1. The Labute approximate surface area is 114 Å². The Morgan fingerprint density at radius 3 is 2.63 bits per heavy atom. The molecule has 0 aliphatic heterocycles. The maximum Gasteiger partial charge on any atom is 0.142 e. The molecule has 4 nitrogen and oxygen atoms in total. The highest BCUT2D eigenvalue weighted by molar-refractivity contribution is 5.66. The van der Waals surface area contributed by atoms with Crippen LogP contribution in [0, 0.1) is 0 Å². The molecule has 0 spiro atoms. The molecule has 0 aliphatic carbocycles. The quantitative estimate of drug-likeness (QED) is 0.893. The van der Waals surface area contributed by atoms with Crippen LogP contribution in [0.5, 0.6) is 5.75 Å². The van der Waals surface area contributed by atoms with Crippen LogP contribution in [0.4, 0.5) is 11.5 Å². The topological polar surface area (TPSA) is 37.4 Å². The van der Waals surface area contributed by atoms with E-state index in [1.54, 1.807) is 7.11 Å². The van der Waals surface area contributed by atoms with Crippen LogP contribution >= 0.6 is 0 Å². The fourth-order valence-corrected chi connectivity index (χ4v) is 1.95. The molecule has 0 aliphatic rings. The Morgan fingerprint density at radius 1 is 1.21 bits per heavy atom. The molecule has 100 valence electrons. The molecular formula is C15H19N3O. The number of rotatable bonds is 5. The molecule has 2 aromatic rings. The van der Waals surface area contributed by atoms with Gasteiger partial charge in [-0.3, -0.25) is 0 Å². The number of nitrogens with zero attached hydrogens (tertiary/aromatic N) is 2. The van der Waals surface area contributed by atoms with Gasteiger partial charge in [-0.25, -0.2) is 4.98 Å². The first-order valence-electron chi connectivity index (χ1n) is 6.22. The van der Waals surface area contributed by atoms with E-state index >= 15 is 0 Å². The van der Waals surface area contributed by atoms with Gasteiger partial charge < -0.3 is 15.0 Å². The molecule has 4 heteroatoms. The normalized spacial score (nSPS) is 10.3. The van der Waals surface area contributed by atoms with Crippen LogP contribution in [-0.2, 0) is 6.54 Å². The molecule has 1 heterocycles. The molecule has 1 N–H and O–H groups in total. The maximum atomic E-state index is 5.37. The predicted molar refractivity (Wildman–Crippen MR) is 78.1 cm³/mol. The van der Waals surface area contributed by atoms with Gasteiger partial charge >= 0.3 is 0 Å². The Bertz CT molecular complexity index is 525. The van der Waals surface area contributed by atoms with Gasteiger partial charge in [0.25, 0.3) is 0 Å². The van der Waals surface area contributed by atoms with Crippen molar-refractivity contribution in [2.45, 2.75) is 6.54 Å². The lowest BCUT2D eigenvalue weighted by Crippen LogP contribution is -2.13. The van der Waals surface area contributed by atoms with Crippen molar-refractivity contribution in [3.63, 3.8) is 0 Å². The van der Waals surface area contributed by atoms with Gasteiger partial charge in [0.15, 0.2) is 0 Å². The smallest absolute Gasteiger partial charge is 0.142 e. The molecule has 0 radical (unpaired) electrons. The molecule has 1 aromatic heterocycles. The second-order valence-electron chi connectivity index (χ2n) is 4.29. The Balaban J connectivity index is 2.25. The molecule has 0 unspecified atom stereocenters. The van der Waals surface area contributed by atoms with Crippen molar-refractivity contribution in [3.8, 4) is 5.75 Å². The van der Waals surface area contributed by atoms with Gasteiger partial charge in [0.2, 0.25) is 0 Å². The van der Waals surface area contributed by atoms with Crippen molar-refractivity contribution in [2.75, 3.05) is 26.1 Å². The van der Waals surface area contributed by atoms with Gasteiger partial charge in [-0.05, 0) is 30.8 Å². The molecular weight excluding hydrogens is 238 g/mol. The summed E-state index contributed by atoms with van der Waals surface area (Å²) in [5.74, 6) is 1.73. The molecule has 0 saturated carbocycles. The highest BCUT2D eigenvalue weighted by Crippen LogP contribution is 2.30. The first-order chi connectivity index (χ1) is 9.26. The monoisotopic (exact) mass is 257 g/mol. The van der Waals surface area contributed by atoms with Crippen LogP contribution in [0.3, 0.4) is 0 Å². The molecule has 0 bridgehead atoms. The van der Waals surface area contributed by atoms with E-state index < -0.39 is 0 Å². The third kappa shape index (κ3) is 3.03. The highest BCUT2D eigenvalue weighted by Gasteiger charge is 2.10. The minimum absolute atomic E-state index is 0.825. The number of benzene rings is 1. The van der Waals surface area contributed by atoms with Crippen molar-refractivity contribution in [1.82, 2.24) is 10.3 Å². The molecule has 0 fully saturated rings. The summed E-state index contributed by atoms with van der Waals surface area (Å²) in [5.41, 5.74) is 2.17. The predicted octanol–water partition coefficient (Wildman–Crippen LogP) is 2.58. The molecule has 0 atom stereocenters. The summed E-state index contributed by atoms with van der Waals surface area (Å²) < 4.78 is 5.37. The summed E-state index contributed by atoms with van der Waals surface area (Å²) in [6, 6.07) is 12.0. The van der Waals surface area contributed by atoms with E-state index in [-0.39, 0.29) is 0 Å². The van der Waals surface area contributed by atoms with Gasteiger partial charge in [-0.15, -0.1) is 0 Å². The van der Waals surface area contributed by atoms with Crippen molar-refractivity contribution < 1.29 is 4.74 Å². The van der Waals surface area contributed by atoms with E-state index in [4.69, 9.17) is 4.74 Å². The van der Waals surface area contributed by atoms with Gasteiger partial charge in [-0.1, -0.05) is 18.2 Å². The first-order valence-corrected chi connectivity index (χ1v) is 6.22. The van der Waals surface area contributed by atoms with E-state index in [1.165, 1.54) is 5.56 Å². The summed E-state index contributed by atoms with van der Waals surface area (Å²) >= 11 is 0. The molecule has 19 heavy (non-hydrogen) atoms. The molecule has 2 rings (SSSR count). The number of aromatic nitrogens is 1. The Hall–Kier alpha value is -2.07. The van der Waals surface area contributed by atoms with Crippen LogP contribution in [-0.4, -0.2) is 26.2 Å². The lowest BCUT2D eigenvalue weighted by Gasteiger charge is -2.20. The minimum Gasteiger partial charge on any atom is -0.495 e. The number of anilines is 2. The van der Waals surface area contributed by atoms with Gasteiger partial charge in [-0.2, -0.15) is 0 Å².